The fourth-order valence-electron chi connectivity index (χ4n) is 8.71. The maximum Gasteiger partial charge on any atom is 0.509 e. The summed E-state index contributed by atoms with van der Waals surface area (Å²) in [5.41, 5.74) is -7.29. The lowest BCUT2D eigenvalue weighted by Gasteiger charge is -2.63. The lowest BCUT2D eigenvalue weighted by Crippen LogP contribution is -2.71. The number of Topliss-reactive ketones (excluding diaryl/α,β-unsaturated/α-hetero) is 1. The fourth-order valence-corrected chi connectivity index (χ4v) is 8.71. The zero-order valence-electron chi connectivity index (χ0n) is 23.7. The van der Waals surface area contributed by atoms with Gasteiger partial charge in [0, 0.05) is 29.2 Å². The van der Waals surface area contributed by atoms with Gasteiger partial charge in [0.2, 0.25) is 5.78 Å². The SMILES string of the molecule is C[C@H]1C[C@H]2[C@@H]3C[C@H](F)C4=CC(=O)CC[C@]4(C)C3(F)[C@@H](O)C[C@]2(C)[C@@]1(O)C(=O)COC(=O)OCc1ccccc1[N+](=O)[O-]. The number of carbonyl (C=O) groups is 3. The second kappa shape index (κ2) is 10.2. The van der Waals surface area contributed by atoms with Crippen molar-refractivity contribution in [2.45, 2.75) is 83.0 Å². The van der Waals surface area contributed by atoms with Gasteiger partial charge in [-0.15, -0.1) is 0 Å². The number of aliphatic hydroxyl groups excluding tert-OH is 1. The first-order valence-electron chi connectivity index (χ1n) is 14.1. The van der Waals surface area contributed by atoms with Crippen molar-refractivity contribution in [3.8, 4) is 0 Å². The van der Waals surface area contributed by atoms with Crippen LogP contribution in [0, 0.1) is 38.7 Å². The quantitative estimate of drug-likeness (QED) is 0.279. The summed E-state index contributed by atoms with van der Waals surface area (Å²) in [6, 6.07) is 5.63. The Morgan fingerprint density at radius 3 is 2.55 bits per heavy atom. The molecule has 4 aliphatic rings. The number of rotatable bonds is 6. The zero-order chi connectivity index (χ0) is 30.8. The first-order chi connectivity index (χ1) is 19.6. The third-order valence-electron chi connectivity index (χ3n) is 10.9. The van der Waals surface area contributed by atoms with Gasteiger partial charge in [-0.3, -0.25) is 19.7 Å². The van der Waals surface area contributed by atoms with Gasteiger partial charge in [-0.25, -0.2) is 13.6 Å². The van der Waals surface area contributed by atoms with Crippen LogP contribution in [0.1, 0.15) is 58.4 Å². The van der Waals surface area contributed by atoms with Crippen molar-refractivity contribution in [2.75, 3.05) is 6.61 Å². The second-order valence-corrected chi connectivity index (χ2v) is 12.8. The molecule has 4 aliphatic carbocycles. The van der Waals surface area contributed by atoms with Crippen LogP contribution in [0.4, 0.5) is 19.3 Å². The number of allylic oxidation sites excluding steroid dienone is 1. The third-order valence-corrected chi connectivity index (χ3v) is 10.9. The van der Waals surface area contributed by atoms with E-state index in [1.165, 1.54) is 30.3 Å². The van der Waals surface area contributed by atoms with E-state index in [1.807, 2.05) is 0 Å². The van der Waals surface area contributed by atoms with Crippen LogP contribution in [0.5, 0.6) is 0 Å². The van der Waals surface area contributed by atoms with Gasteiger partial charge >= 0.3 is 6.16 Å². The maximum absolute atomic E-state index is 17.3. The summed E-state index contributed by atoms with van der Waals surface area (Å²) in [4.78, 5) is 48.4. The number of fused-ring (bicyclic) bond motifs is 5. The Hall–Kier alpha value is -3.25. The number of halogens is 2. The number of ketones is 2. The molecule has 0 aromatic heterocycles. The first-order valence-corrected chi connectivity index (χ1v) is 14.1. The van der Waals surface area contributed by atoms with Crippen LogP contribution in [0.2, 0.25) is 0 Å². The Kier molecular flexibility index (Phi) is 7.33. The van der Waals surface area contributed by atoms with E-state index in [2.05, 4.69) is 0 Å². The Morgan fingerprint density at radius 2 is 1.86 bits per heavy atom. The van der Waals surface area contributed by atoms with Gasteiger partial charge in [-0.1, -0.05) is 32.9 Å². The van der Waals surface area contributed by atoms with Crippen LogP contribution < -0.4 is 0 Å². The average Bonchev–Trinajstić information content (AvgIpc) is 3.14. The molecule has 0 amide bonds. The van der Waals surface area contributed by atoms with Gasteiger partial charge in [0.25, 0.3) is 5.69 Å². The molecule has 0 bridgehead atoms. The number of alkyl halides is 2. The number of benzene rings is 1. The Bertz CT molecular complexity index is 1370. The Balaban J connectivity index is 1.34. The molecule has 2 N–H and O–H groups in total. The van der Waals surface area contributed by atoms with E-state index >= 15 is 8.78 Å². The highest BCUT2D eigenvalue weighted by atomic mass is 19.1. The highest BCUT2D eigenvalue weighted by Gasteiger charge is 2.76. The topological polar surface area (TPSA) is 153 Å². The number of nitrogens with zero attached hydrogens (tertiary/aromatic N) is 1. The molecule has 42 heavy (non-hydrogen) atoms. The summed E-state index contributed by atoms with van der Waals surface area (Å²) in [6.07, 6.45) is -3.72. The van der Waals surface area contributed by atoms with Crippen LogP contribution in [0.25, 0.3) is 0 Å². The monoisotopic (exact) mass is 591 g/mol. The van der Waals surface area contributed by atoms with E-state index < -0.39 is 82.2 Å². The molecule has 1 aromatic rings. The number of ether oxygens (including phenoxy) is 2. The summed E-state index contributed by atoms with van der Waals surface area (Å²) < 4.78 is 42.8. The van der Waals surface area contributed by atoms with E-state index in [0.29, 0.717) is 0 Å². The van der Waals surface area contributed by atoms with Gasteiger partial charge in [0.1, 0.15) is 24.0 Å². The van der Waals surface area contributed by atoms with E-state index in [1.54, 1.807) is 20.8 Å². The number of hydrogen-bond acceptors (Lipinski definition) is 9. The molecule has 0 spiro atoms. The van der Waals surface area contributed by atoms with E-state index in [4.69, 9.17) is 9.47 Å². The summed E-state index contributed by atoms with van der Waals surface area (Å²) in [5, 5.41) is 34.5. The molecule has 228 valence electrons. The number of hydrogen-bond donors (Lipinski definition) is 2. The molecule has 0 heterocycles. The summed E-state index contributed by atoms with van der Waals surface area (Å²) in [5.74, 6) is -3.61. The molecular weight excluding hydrogens is 556 g/mol. The molecule has 9 atom stereocenters. The van der Waals surface area contributed by atoms with Crippen molar-refractivity contribution in [3.05, 3.63) is 51.6 Å². The standard InChI is InChI=1S/C30H35F2NO9/c1-16-10-19-20-12-22(31)21-11-18(34)8-9-27(21,2)29(20,32)24(35)13-28(19,3)30(16,38)25(36)15-42-26(37)41-14-17-6-4-5-7-23(17)33(39)40/h4-7,11,16,19-20,22,24,35,38H,8-10,12-15H2,1-3H3/t16-,19-,20-,22-,24-,27-,28-,29?,30-/m0/s1. The Labute approximate surface area is 241 Å². The van der Waals surface area contributed by atoms with Gasteiger partial charge in [-0.2, -0.15) is 0 Å². The van der Waals surface area contributed by atoms with Crippen LogP contribution in [0.15, 0.2) is 35.9 Å². The number of carbonyl (C=O) groups excluding carboxylic acids is 3. The zero-order valence-corrected chi connectivity index (χ0v) is 23.7. The molecule has 1 unspecified atom stereocenters. The number of nitro groups is 1. The van der Waals surface area contributed by atoms with Crippen LogP contribution >= 0.6 is 0 Å². The number of aliphatic hydroxyl groups is 2. The average molecular weight is 592 g/mol. The summed E-state index contributed by atoms with van der Waals surface area (Å²) >= 11 is 0. The normalized spacial score (nSPS) is 40.7. The van der Waals surface area contributed by atoms with Crippen molar-refractivity contribution in [1.82, 2.24) is 0 Å². The predicted octanol–water partition coefficient (Wildman–Crippen LogP) is 4.34. The van der Waals surface area contributed by atoms with Crippen molar-refractivity contribution in [3.63, 3.8) is 0 Å². The highest BCUT2D eigenvalue weighted by molar-refractivity contribution is 5.92. The third kappa shape index (κ3) is 4.12. The lowest BCUT2D eigenvalue weighted by atomic mass is 9.43. The number of nitro benzene ring substituents is 1. The molecule has 0 radical (unpaired) electrons. The molecule has 0 aliphatic heterocycles. The largest absolute Gasteiger partial charge is 0.509 e. The second-order valence-electron chi connectivity index (χ2n) is 12.8. The smallest absolute Gasteiger partial charge is 0.429 e. The van der Waals surface area contributed by atoms with Crippen molar-refractivity contribution < 1.29 is 47.8 Å². The van der Waals surface area contributed by atoms with Crippen molar-refractivity contribution in [2.24, 2.45) is 28.6 Å². The first kappa shape index (κ1) is 30.2. The molecule has 12 heteroatoms. The molecule has 0 saturated heterocycles. The lowest BCUT2D eigenvalue weighted by molar-refractivity contribution is -0.385. The molecule has 3 saturated carbocycles. The molecular formula is C30H35F2NO9. The minimum atomic E-state index is -2.28. The fraction of sp³-hybridized carbons (Fsp3) is 0.633. The Morgan fingerprint density at radius 1 is 1.17 bits per heavy atom. The summed E-state index contributed by atoms with van der Waals surface area (Å²) in [7, 11) is 0. The molecule has 10 nitrogen and oxygen atoms in total. The minimum Gasteiger partial charge on any atom is -0.429 e. The van der Waals surface area contributed by atoms with Gasteiger partial charge in [0.05, 0.1) is 16.6 Å². The van der Waals surface area contributed by atoms with Gasteiger partial charge < -0.3 is 19.7 Å². The van der Waals surface area contributed by atoms with Gasteiger partial charge in [-0.05, 0) is 55.2 Å². The number of para-hydroxylation sites is 1. The molecule has 3 fully saturated rings. The van der Waals surface area contributed by atoms with Gasteiger partial charge in [0.15, 0.2) is 12.4 Å². The van der Waals surface area contributed by atoms with Crippen molar-refractivity contribution >= 4 is 23.4 Å². The summed E-state index contributed by atoms with van der Waals surface area (Å²) in [6.45, 7) is 3.37. The highest BCUT2D eigenvalue weighted by Crippen LogP contribution is 2.71. The van der Waals surface area contributed by atoms with Crippen molar-refractivity contribution in [1.29, 1.82) is 0 Å². The molecule has 1 aromatic carbocycles. The minimum absolute atomic E-state index is 0.0314. The maximum atomic E-state index is 17.3. The predicted molar refractivity (Wildman–Crippen MR) is 142 cm³/mol. The van der Waals surface area contributed by atoms with Crippen LogP contribution in [0.3, 0.4) is 0 Å². The van der Waals surface area contributed by atoms with Crippen LogP contribution in [-0.2, 0) is 25.7 Å². The van der Waals surface area contributed by atoms with E-state index in [9.17, 15) is 34.7 Å². The van der Waals surface area contributed by atoms with E-state index in [-0.39, 0.29) is 54.7 Å². The van der Waals surface area contributed by atoms with E-state index in [0.717, 1.165) is 0 Å². The van der Waals surface area contributed by atoms with Crippen LogP contribution in [-0.4, -0.2) is 63.0 Å². The molecule has 5 rings (SSSR count).